The molecular weight excluding hydrogens is 627 g/mol. The van der Waals surface area contributed by atoms with Gasteiger partial charge in [0.15, 0.2) is 11.3 Å². The summed E-state index contributed by atoms with van der Waals surface area (Å²) in [6.07, 6.45) is 1.89. The monoisotopic (exact) mass is 659 g/mol. The molecule has 0 spiro atoms. The van der Waals surface area contributed by atoms with Crippen LogP contribution >= 0.6 is 0 Å². The first kappa shape index (κ1) is 29.5. The van der Waals surface area contributed by atoms with E-state index in [0.717, 1.165) is 77.2 Å². The van der Waals surface area contributed by atoms with Gasteiger partial charge in [0.1, 0.15) is 11.2 Å². The zero-order valence-corrected chi connectivity index (χ0v) is 28.5. The molecule has 5 nitrogen and oxygen atoms in total. The molecule has 0 aliphatic carbocycles. The largest absolute Gasteiger partial charge is 0.504 e. The number of phenols is 1. The van der Waals surface area contributed by atoms with Crippen LogP contribution in [0.25, 0.3) is 93.8 Å². The number of imidazole rings is 1. The van der Waals surface area contributed by atoms with Crippen LogP contribution in [0.1, 0.15) is 26.3 Å². The van der Waals surface area contributed by atoms with Crippen LogP contribution in [-0.4, -0.2) is 19.5 Å². The molecule has 0 atom stereocenters. The Morgan fingerprint density at radius 2 is 1.35 bits per heavy atom. The van der Waals surface area contributed by atoms with Crippen LogP contribution < -0.4 is 0 Å². The molecule has 5 heteroatoms. The summed E-state index contributed by atoms with van der Waals surface area (Å²) in [5, 5.41) is 16.5. The van der Waals surface area contributed by atoms with E-state index < -0.39 is 0 Å². The molecule has 0 bridgehead atoms. The summed E-state index contributed by atoms with van der Waals surface area (Å²) in [6, 6.07) is 46.3. The van der Waals surface area contributed by atoms with Gasteiger partial charge in [-0.1, -0.05) is 106 Å². The molecular formula is C46H33N3O2. The molecule has 0 saturated carbocycles. The molecule has 0 radical (unpaired) electrons. The second-order valence-corrected chi connectivity index (χ2v) is 14.4. The van der Waals surface area contributed by atoms with Crippen LogP contribution in [-0.2, 0) is 5.41 Å². The highest BCUT2D eigenvalue weighted by molar-refractivity contribution is 6.23. The van der Waals surface area contributed by atoms with Crippen LogP contribution in [0.3, 0.4) is 0 Å². The van der Waals surface area contributed by atoms with Crippen molar-refractivity contribution in [2.75, 3.05) is 0 Å². The Balaban J connectivity index is 1.27. The molecule has 0 aliphatic heterocycles. The Kier molecular flexibility index (Phi) is 6.22. The molecule has 0 saturated heterocycles. The fourth-order valence-corrected chi connectivity index (χ4v) is 7.68. The Morgan fingerprint density at radius 1 is 0.608 bits per heavy atom. The van der Waals surface area contributed by atoms with Gasteiger partial charge in [0, 0.05) is 33.5 Å². The van der Waals surface area contributed by atoms with Gasteiger partial charge in [0.25, 0.3) is 0 Å². The second-order valence-electron chi connectivity index (χ2n) is 14.4. The number of furan rings is 1. The molecule has 0 fully saturated rings. The van der Waals surface area contributed by atoms with Crippen LogP contribution in [0, 0.1) is 0 Å². The van der Waals surface area contributed by atoms with Gasteiger partial charge in [-0.3, -0.25) is 9.38 Å². The Morgan fingerprint density at radius 3 is 2.20 bits per heavy atom. The van der Waals surface area contributed by atoms with Gasteiger partial charge in [-0.05, 0) is 81.6 Å². The normalized spacial score (nSPS) is 12.3. The summed E-state index contributed by atoms with van der Waals surface area (Å²) >= 11 is 0. The number of hydrogen-bond acceptors (Lipinski definition) is 4. The maximum Gasteiger partial charge on any atom is 0.177 e. The van der Waals surface area contributed by atoms with Crippen LogP contribution in [0.5, 0.6) is 5.75 Å². The van der Waals surface area contributed by atoms with Crippen molar-refractivity contribution in [3.63, 3.8) is 0 Å². The van der Waals surface area contributed by atoms with Gasteiger partial charge in [0.05, 0.1) is 27.6 Å². The summed E-state index contributed by atoms with van der Waals surface area (Å²) in [7, 11) is 0. The van der Waals surface area contributed by atoms with E-state index >= 15 is 0 Å². The number of pyridine rings is 2. The summed E-state index contributed by atoms with van der Waals surface area (Å²) in [5.74, 6) is 0.104. The minimum Gasteiger partial charge on any atom is -0.504 e. The number of aromatic hydroxyl groups is 1. The zero-order valence-electron chi connectivity index (χ0n) is 28.5. The van der Waals surface area contributed by atoms with Gasteiger partial charge >= 0.3 is 0 Å². The van der Waals surface area contributed by atoms with E-state index in [-0.39, 0.29) is 11.2 Å². The van der Waals surface area contributed by atoms with Crippen molar-refractivity contribution in [1.82, 2.24) is 14.4 Å². The number of nitrogens with zero attached hydrogens (tertiary/aromatic N) is 3. The van der Waals surface area contributed by atoms with E-state index in [1.165, 1.54) is 5.56 Å². The number of para-hydroxylation sites is 3. The molecule has 10 aromatic rings. The average molecular weight is 660 g/mol. The fourth-order valence-electron chi connectivity index (χ4n) is 7.68. The number of phenolic OH excluding ortho intramolecular Hbond substituents is 1. The topological polar surface area (TPSA) is 63.6 Å². The molecule has 51 heavy (non-hydrogen) atoms. The molecule has 0 aliphatic rings. The second kappa shape index (κ2) is 10.8. The highest BCUT2D eigenvalue weighted by Crippen LogP contribution is 2.45. The number of rotatable bonds is 3. The van der Waals surface area contributed by atoms with E-state index in [0.29, 0.717) is 16.6 Å². The molecule has 1 N–H and O–H groups in total. The first-order valence-electron chi connectivity index (χ1n) is 17.3. The smallest absolute Gasteiger partial charge is 0.177 e. The third-order valence-corrected chi connectivity index (χ3v) is 10.3. The van der Waals surface area contributed by atoms with Gasteiger partial charge in [-0.25, -0.2) is 4.98 Å². The third kappa shape index (κ3) is 4.48. The van der Waals surface area contributed by atoms with Crippen LogP contribution in [0.2, 0.25) is 0 Å². The summed E-state index contributed by atoms with van der Waals surface area (Å²) in [4.78, 5) is 10.2. The van der Waals surface area contributed by atoms with Crippen molar-refractivity contribution >= 4 is 60.3 Å². The maximum absolute atomic E-state index is 12.0. The lowest BCUT2D eigenvalue weighted by atomic mass is 9.83. The van der Waals surface area contributed by atoms with E-state index in [9.17, 15) is 5.11 Å². The quantitative estimate of drug-likeness (QED) is 0.192. The Hall–Kier alpha value is -6.46. The molecule has 10 rings (SSSR count). The van der Waals surface area contributed by atoms with Crippen molar-refractivity contribution in [2.45, 2.75) is 26.2 Å². The Labute approximate surface area is 294 Å². The van der Waals surface area contributed by atoms with Crippen molar-refractivity contribution < 1.29 is 9.52 Å². The first-order chi connectivity index (χ1) is 24.8. The standard InChI is InChI=1S/C46H33N3O2/c1-46(2,3)31-23-29(22-30(24-31)37-25-28(20-21-47-37)27-12-5-4-6-13-27)32-16-11-18-39-42(32)48-45-41-35(33-14-7-9-17-38(33)49(39)45)26-36-34-15-8-10-19-40(34)51-44(36)43(41)50/h4-26,50H,1-3H3. The number of aromatic nitrogens is 3. The number of fused-ring (bicyclic) bond motifs is 11. The summed E-state index contributed by atoms with van der Waals surface area (Å²) in [6.45, 7) is 6.74. The maximum atomic E-state index is 12.0. The lowest BCUT2D eigenvalue weighted by Crippen LogP contribution is -2.11. The van der Waals surface area contributed by atoms with E-state index in [1.54, 1.807) is 0 Å². The molecule has 244 valence electrons. The van der Waals surface area contributed by atoms with Gasteiger partial charge < -0.3 is 9.52 Å². The van der Waals surface area contributed by atoms with Crippen molar-refractivity contribution in [3.8, 4) is 39.3 Å². The third-order valence-electron chi connectivity index (χ3n) is 10.3. The lowest BCUT2D eigenvalue weighted by Gasteiger charge is -2.22. The van der Waals surface area contributed by atoms with Crippen molar-refractivity contribution in [1.29, 1.82) is 0 Å². The highest BCUT2D eigenvalue weighted by atomic mass is 16.4. The number of hydrogen-bond donors (Lipinski definition) is 1. The number of benzene rings is 6. The van der Waals surface area contributed by atoms with E-state index in [2.05, 4.69) is 122 Å². The van der Waals surface area contributed by atoms with E-state index in [4.69, 9.17) is 14.4 Å². The Bertz CT molecular complexity index is 3020. The van der Waals surface area contributed by atoms with Gasteiger partial charge in [-0.15, -0.1) is 0 Å². The lowest BCUT2D eigenvalue weighted by molar-refractivity contribution is 0.475. The summed E-state index contributed by atoms with van der Waals surface area (Å²) < 4.78 is 8.45. The predicted molar refractivity (Wildman–Crippen MR) is 209 cm³/mol. The minimum atomic E-state index is -0.106. The van der Waals surface area contributed by atoms with Gasteiger partial charge in [0.2, 0.25) is 0 Å². The van der Waals surface area contributed by atoms with Gasteiger partial charge in [-0.2, -0.15) is 0 Å². The molecule has 0 unspecified atom stereocenters. The average Bonchev–Trinajstić information content (AvgIpc) is 3.74. The highest BCUT2D eigenvalue weighted by Gasteiger charge is 2.23. The van der Waals surface area contributed by atoms with Crippen molar-refractivity contribution in [2.24, 2.45) is 0 Å². The predicted octanol–water partition coefficient (Wildman–Crippen LogP) is 12.1. The molecule has 4 aromatic heterocycles. The molecule has 6 aromatic carbocycles. The minimum absolute atomic E-state index is 0.104. The SMILES string of the molecule is CC(C)(C)c1cc(-c2cc(-c3ccccc3)ccn2)cc(-c2cccc3c2nc2c4c(O)c5oc6ccccc6c5cc4c4ccccc4n32)c1. The zero-order chi connectivity index (χ0) is 34.4. The fraction of sp³-hybridized carbons (Fsp3) is 0.0870. The van der Waals surface area contributed by atoms with Crippen molar-refractivity contribution in [3.05, 3.63) is 145 Å². The first-order valence-corrected chi connectivity index (χ1v) is 17.3. The van der Waals surface area contributed by atoms with Crippen LogP contribution in [0.4, 0.5) is 0 Å². The molecule has 0 amide bonds. The summed E-state index contributed by atoms with van der Waals surface area (Å²) in [5.41, 5.74) is 12.2. The van der Waals surface area contributed by atoms with Crippen LogP contribution in [0.15, 0.2) is 144 Å². The molecule has 4 heterocycles. The van der Waals surface area contributed by atoms with E-state index in [1.807, 2.05) is 42.6 Å².